The van der Waals surface area contributed by atoms with Crippen LogP contribution in [0.15, 0.2) is 194 Å². The molecule has 0 spiro atoms. The number of rotatable bonds is 4. The second kappa shape index (κ2) is 12.0. The van der Waals surface area contributed by atoms with Gasteiger partial charge in [0.25, 0.3) is 11.8 Å². The molecule has 0 N–H and O–H groups in total. The van der Waals surface area contributed by atoms with Crippen molar-refractivity contribution < 1.29 is 9.59 Å². The Morgan fingerprint density at radius 3 is 0.960 bits per heavy atom. The van der Waals surface area contributed by atoms with Crippen LogP contribution >= 0.6 is 0 Å². The molecule has 50 heavy (non-hydrogen) atoms. The Balaban J connectivity index is 1.15. The molecule has 4 aliphatic rings. The topological polar surface area (TPSA) is 40.6 Å². The van der Waals surface area contributed by atoms with Gasteiger partial charge in [0.15, 0.2) is 0 Å². The average molecular weight is 643 g/mol. The van der Waals surface area contributed by atoms with E-state index in [-0.39, 0.29) is 11.8 Å². The number of amides is 2. The maximum absolute atomic E-state index is 13.8. The van der Waals surface area contributed by atoms with Crippen molar-refractivity contribution in [2.75, 3.05) is 0 Å². The summed E-state index contributed by atoms with van der Waals surface area (Å²) in [6.45, 7) is 0. The van der Waals surface area contributed by atoms with Crippen LogP contribution in [0.2, 0.25) is 0 Å². The monoisotopic (exact) mass is 642 g/mol. The zero-order valence-corrected chi connectivity index (χ0v) is 27.0. The van der Waals surface area contributed by atoms with E-state index in [9.17, 15) is 9.59 Å². The lowest BCUT2D eigenvalue weighted by Crippen LogP contribution is -2.23. The Bertz CT molecular complexity index is 2330. The van der Waals surface area contributed by atoms with E-state index < -0.39 is 0 Å². The van der Waals surface area contributed by atoms with Gasteiger partial charge in [-0.15, -0.1) is 0 Å². The summed E-state index contributed by atoms with van der Waals surface area (Å²) in [6, 6.07) is 48.6. The van der Waals surface area contributed by atoms with Crippen LogP contribution in [-0.4, -0.2) is 21.6 Å². The molecule has 9 rings (SSSR count). The molecule has 4 aliphatic heterocycles. The molecular formula is C46H30N2O2. The second-order valence-corrected chi connectivity index (χ2v) is 12.5. The highest BCUT2D eigenvalue weighted by molar-refractivity contribution is 6.35. The summed E-state index contributed by atoms with van der Waals surface area (Å²) >= 11 is 0. The minimum Gasteiger partial charge on any atom is -0.283 e. The molecule has 0 atom stereocenters. The van der Waals surface area contributed by atoms with Crippen LogP contribution in [0.25, 0.3) is 33.4 Å². The van der Waals surface area contributed by atoms with Crippen LogP contribution in [0.1, 0.15) is 22.3 Å². The molecular weight excluding hydrogens is 613 g/mol. The maximum atomic E-state index is 13.8. The number of allylic oxidation sites excluding steroid dienone is 6. The van der Waals surface area contributed by atoms with Crippen molar-refractivity contribution in [2.45, 2.75) is 0 Å². The molecule has 0 bridgehead atoms. The highest BCUT2D eigenvalue weighted by Crippen LogP contribution is 2.45. The molecule has 0 aromatic heterocycles. The molecule has 0 saturated heterocycles. The summed E-state index contributed by atoms with van der Waals surface area (Å²) in [4.78, 5) is 31.2. The smallest absolute Gasteiger partial charge is 0.263 e. The second-order valence-electron chi connectivity index (χ2n) is 12.5. The molecule has 2 amide bonds. The first-order valence-corrected chi connectivity index (χ1v) is 16.7. The number of hydrogen-bond donors (Lipinski definition) is 0. The Morgan fingerprint density at radius 2 is 0.640 bits per heavy atom. The Kier molecular flexibility index (Phi) is 7.07. The lowest BCUT2D eigenvalue weighted by Gasteiger charge is -2.20. The van der Waals surface area contributed by atoms with E-state index in [2.05, 4.69) is 60.7 Å². The van der Waals surface area contributed by atoms with Crippen molar-refractivity contribution in [3.8, 4) is 0 Å². The Labute approximate surface area is 290 Å². The van der Waals surface area contributed by atoms with Gasteiger partial charge in [0, 0.05) is 23.5 Å². The number of nitrogens with zero attached hydrogens (tertiary/aromatic N) is 2. The first-order valence-electron chi connectivity index (χ1n) is 16.7. The number of benzene rings is 5. The molecule has 4 nitrogen and oxygen atoms in total. The summed E-state index contributed by atoms with van der Waals surface area (Å²) in [5.41, 5.74) is 10.9. The van der Waals surface area contributed by atoms with E-state index >= 15 is 0 Å². The van der Waals surface area contributed by atoms with E-state index in [1.54, 1.807) is 9.80 Å². The van der Waals surface area contributed by atoms with Gasteiger partial charge in [0.1, 0.15) is 0 Å². The van der Waals surface area contributed by atoms with Crippen LogP contribution in [0.3, 0.4) is 0 Å². The highest BCUT2D eigenvalue weighted by Gasteiger charge is 2.38. The molecule has 4 heteroatoms. The third kappa shape index (κ3) is 4.85. The fraction of sp³-hybridized carbons (Fsp3) is 0. The highest BCUT2D eigenvalue weighted by atomic mass is 16.2. The van der Waals surface area contributed by atoms with Crippen LogP contribution in [0.4, 0.5) is 0 Å². The summed E-state index contributed by atoms with van der Waals surface area (Å²) < 4.78 is 0. The fourth-order valence-corrected chi connectivity index (χ4v) is 7.20. The standard InChI is InChI=1S/C46H30N2O2/c49-45-43(35-17-9-3-10-18-35)41(33-13-5-1-6-14-33)39-29-37(25-27-47(39)45)31-21-23-32(24-22-31)38-26-28-48-40(30-38)42(34-15-7-2-8-16-34)44(46(48)50)36-19-11-4-12-20-36/h1-30H. The lowest BCUT2D eigenvalue weighted by atomic mass is 9.93. The van der Waals surface area contributed by atoms with Crippen molar-refractivity contribution in [2.24, 2.45) is 0 Å². The largest absolute Gasteiger partial charge is 0.283 e. The third-order valence-electron chi connectivity index (χ3n) is 9.59. The maximum Gasteiger partial charge on any atom is 0.263 e. The van der Waals surface area contributed by atoms with Crippen LogP contribution in [0, 0.1) is 0 Å². The number of hydrogen-bond acceptors (Lipinski definition) is 2. The van der Waals surface area contributed by atoms with Gasteiger partial charge in [-0.05, 0) is 68.1 Å². The van der Waals surface area contributed by atoms with Crippen molar-refractivity contribution >= 4 is 45.3 Å². The van der Waals surface area contributed by atoms with Crippen LogP contribution in [0.5, 0.6) is 0 Å². The van der Waals surface area contributed by atoms with E-state index in [1.165, 1.54) is 0 Å². The Morgan fingerprint density at radius 1 is 0.340 bits per heavy atom. The SMILES string of the molecule is O=C1C(c2ccccc2)=C(c2ccccc2)C2=CC(=c3ccc(=C4C=CN5C(=O)C(c6ccccc6)=C(c6ccccc6)C5=C4)cc3)C=CN12. The number of carbonyl (C=O) groups excluding carboxylic acids is 2. The molecule has 236 valence electrons. The normalized spacial score (nSPS) is 16.6. The van der Waals surface area contributed by atoms with Crippen LogP contribution < -0.4 is 10.4 Å². The molecule has 0 aliphatic carbocycles. The summed E-state index contributed by atoms with van der Waals surface area (Å²) in [5.74, 6) is -0.0569. The van der Waals surface area contributed by atoms with Gasteiger partial charge in [-0.3, -0.25) is 19.4 Å². The minimum atomic E-state index is -0.0285. The van der Waals surface area contributed by atoms with Gasteiger partial charge in [0.2, 0.25) is 0 Å². The molecule has 0 unspecified atom stereocenters. The summed E-state index contributed by atoms with van der Waals surface area (Å²) in [7, 11) is 0. The predicted molar refractivity (Wildman–Crippen MR) is 200 cm³/mol. The van der Waals surface area contributed by atoms with Gasteiger partial charge in [-0.2, -0.15) is 0 Å². The van der Waals surface area contributed by atoms with Gasteiger partial charge in [-0.1, -0.05) is 146 Å². The molecule has 5 aromatic rings. The first-order chi connectivity index (χ1) is 24.7. The van der Waals surface area contributed by atoms with Gasteiger partial charge >= 0.3 is 0 Å². The van der Waals surface area contributed by atoms with Crippen molar-refractivity contribution in [3.05, 3.63) is 226 Å². The summed E-state index contributed by atoms with van der Waals surface area (Å²) in [6.07, 6.45) is 12.0. The van der Waals surface area contributed by atoms with Gasteiger partial charge < -0.3 is 0 Å². The predicted octanol–water partition coefficient (Wildman–Crippen LogP) is 7.72. The third-order valence-corrected chi connectivity index (χ3v) is 9.59. The molecule has 4 heterocycles. The van der Waals surface area contributed by atoms with Gasteiger partial charge in [-0.25, -0.2) is 0 Å². The van der Waals surface area contributed by atoms with E-state index in [0.29, 0.717) is 11.1 Å². The lowest BCUT2D eigenvalue weighted by molar-refractivity contribution is -0.121. The zero-order chi connectivity index (χ0) is 33.6. The van der Waals surface area contributed by atoms with Crippen molar-refractivity contribution in [3.63, 3.8) is 0 Å². The van der Waals surface area contributed by atoms with Crippen molar-refractivity contribution in [1.29, 1.82) is 0 Å². The van der Waals surface area contributed by atoms with E-state index in [4.69, 9.17) is 0 Å². The molecule has 0 saturated carbocycles. The average Bonchev–Trinajstić information content (AvgIpc) is 3.65. The number of fused-ring (bicyclic) bond motifs is 2. The Hall–Kier alpha value is -6.78. The minimum absolute atomic E-state index is 0.0285. The van der Waals surface area contributed by atoms with E-state index in [1.807, 2.05) is 122 Å². The first kappa shape index (κ1) is 29.4. The molecule has 0 fully saturated rings. The van der Waals surface area contributed by atoms with Crippen LogP contribution in [-0.2, 0) is 9.59 Å². The fourth-order valence-electron chi connectivity index (χ4n) is 7.20. The van der Waals surface area contributed by atoms with Gasteiger partial charge in [0.05, 0.1) is 22.5 Å². The molecule has 0 radical (unpaired) electrons. The number of carbonyl (C=O) groups is 2. The van der Waals surface area contributed by atoms with Crippen molar-refractivity contribution in [1.82, 2.24) is 9.80 Å². The summed E-state index contributed by atoms with van der Waals surface area (Å²) in [5, 5.41) is 2.10. The quantitative estimate of drug-likeness (QED) is 0.202. The molecule has 5 aromatic carbocycles. The van der Waals surface area contributed by atoms with E-state index in [0.717, 1.165) is 66.4 Å². The zero-order valence-electron chi connectivity index (χ0n) is 27.0.